The summed E-state index contributed by atoms with van der Waals surface area (Å²) < 4.78 is 25.9. The molecule has 1 N–H and O–H groups in total. The van der Waals surface area contributed by atoms with E-state index >= 15 is 0 Å². The second-order valence-corrected chi connectivity index (χ2v) is 12.7. The molecule has 5 atom stereocenters. The van der Waals surface area contributed by atoms with Gasteiger partial charge in [-0.05, 0) is 60.3 Å². The van der Waals surface area contributed by atoms with Gasteiger partial charge in [0.2, 0.25) is 5.91 Å². The molecule has 55 heavy (non-hydrogen) atoms. The van der Waals surface area contributed by atoms with Crippen LogP contribution >= 0.6 is 0 Å². The van der Waals surface area contributed by atoms with Crippen LogP contribution in [0.5, 0.6) is 0 Å². The van der Waals surface area contributed by atoms with Crippen LogP contribution in [0.25, 0.3) is 0 Å². The van der Waals surface area contributed by atoms with E-state index in [1.165, 1.54) is 28.1 Å². The topological polar surface area (TPSA) is 190 Å². The maximum absolute atomic E-state index is 13.8. The number of ether oxygens (including phenoxy) is 5. The highest BCUT2D eigenvalue weighted by atomic mass is 16.7. The van der Waals surface area contributed by atoms with Gasteiger partial charge in [-0.15, -0.1) is 5.06 Å². The monoisotopic (exact) mass is 801 g/mol. The summed E-state index contributed by atoms with van der Waals surface area (Å²) in [5, 5.41) is 3.18. The zero-order valence-corrected chi connectivity index (χ0v) is 29.1. The van der Waals surface area contributed by atoms with Crippen molar-refractivity contribution in [3.05, 3.63) is 0 Å². The van der Waals surface area contributed by atoms with Crippen molar-refractivity contribution in [3.63, 3.8) is 0 Å². The Morgan fingerprint density at radius 1 is 0.709 bits per heavy atom. The number of carbonyl (C=O) groups excluding carboxylic acids is 7. The first kappa shape index (κ1) is 69.3. The van der Waals surface area contributed by atoms with Gasteiger partial charge in [0.25, 0.3) is 11.8 Å². The molecule has 0 bridgehead atoms. The van der Waals surface area contributed by atoms with Crippen molar-refractivity contribution >= 4 is 41.6 Å². The molecule has 332 valence electrons. The normalized spacial score (nSPS) is 15.1. The average Bonchev–Trinajstić information content (AvgIpc) is 3.33. The molecule has 15 nitrogen and oxygen atoms in total. The van der Waals surface area contributed by atoms with Crippen molar-refractivity contribution < 1.29 is 62.1 Å². The van der Waals surface area contributed by atoms with Crippen LogP contribution in [-0.2, 0) is 62.1 Å². The smallest absolute Gasteiger partial charge is 0.336 e. The first-order valence-electron chi connectivity index (χ1n) is 15.8. The number of methoxy groups -OCH3 is 2. The standard InChI is InChI=1S/C32H52N2O13.8CH4/c1-10-31(6,29(40)45-14-13-42-8)19-32(7,30(41)46-16-15-44-27(38)22(5)43-9)18-23(17-21(4)26(37)33-20(2)3)28(39)47-34-24(35)11-12-25(34)36;;;;;;;;/h20-23H,10-19H2,1-9H3,(H,33,37);8*1H4. The van der Waals surface area contributed by atoms with Gasteiger partial charge in [0.15, 0.2) is 6.10 Å². The first-order chi connectivity index (χ1) is 21.9. The molecule has 15 heteroatoms. The lowest BCUT2D eigenvalue weighted by atomic mass is 9.67. The molecular weight excluding hydrogens is 716 g/mol. The molecule has 1 rings (SSSR count). The molecule has 0 saturated carbocycles. The predicted octanol–water partition coefficient (Wildman–Crippen LogP) is 7.36. The number of carbonyl (C=O) groups is 7. The van der Waals surface area contributed by atoms with Crippen LogP contribution in [-0.4, -0.2) is 99.5 Å². The molecule has 0 aromatic rings. The van der Waals surface area contributed by atoms with E-state index in [-0.39, 0.29) is 136 Å². The summed E-state index contributed by atoms with van der Waals surface area (Å²) in [6.45, 7) is 11.0. The van der Waals surface area contributed by atoms with Crippen LogP contribution in [0.2, 0.25) is 0 Å². The Bertz CT molecular complexity index is 1110. The first-order valence-corrected chi connectivity index (χ1v) is 15.8. The lowest BCUT2D eigenvalue weighted by Gasteiger charge is -2.38. The fourth-order valence-corrected chi connectivity index (χ4v) is 5.08. The summed E-state index contributed by atoms with van der Waals surface area (Å²) in [7, 11) is 2.80. The van der Waals surface area contributed by atoms with Gasteiger partial charge in [0.1, 0.15) is 19.8 Å². The van der Waals surface area contributed by atoms with Crippen LogP contribution in [0.1, 0.15) is 146 Å². The molecule has 0 radical (unpaired) electrons. The Morgan fingerprint density at radius 3 is 1.60 bits per heavy atom. The number of hydroxylamine groups is 2. The van der Waals surface area contributed by atoms with Crippen molar-refractivity contribution in [2.24, 2.45) is 22.7 Å². The number of hydrogen-bond donors (Lipinski definition) is 1. The molecule has 1 fully saturated rings. The Morgan fingerprint density at radius 2 is 1.16 bits per heavy atom. The summed E-state index contributed by atoms with van der Waals surface area (Å²) >= 11 is 0. The lowest BCUT2D eigenvalue weighted by Crippen LogP contribution is -2.44. The summed E-state index contributed by atoms with van der Waals surface area (Å²) in [6.07, 6.45) is -1.40. The minimum atomic E-state index is -1.58. The predicted molar refractivity (Wildman–Crippen MR) is 219 cm³/mol. The van der Waals surface area contributed by atoms with Gasteiger partial charge >= 0.3 is 23.9 Å². The average molecular weight is 801 g/mol. The molecule has 1 saturated heterocycles. The maximum Gasteiger partial charge on any atom is 0.336 e. The van der Waals surface area contributed by atoms with E-state index in [1.54, 1.807) is 34.6 Å². The van der Waals surface area contributed by atoms with Gasteiger partial charge in [-0.25, -0.2) is 9.59 Å². The molecule has 1 aliphatic heterocycles. The lowest BCUT2D eigenvalue weighted by molar-refractivity contribution is -0.202. The van der Waals surface area contributed by atoms with E-state index in [9.17, 15) is 33.6 Å². The summed E-state index contributed by atoms with van der Waals surface area (Å²) in [5.41, 5.74) is -2.82. The van der Waals surface area contributed by atoms with E-state index in [4.69, 9.17) is 28.5 Å². The highest BCUT2D eigenvalue weighted by Gasteiger charge is 2.49. The molecule has 1 aliphatic rings. The van der Waals surface area contributed by atoms with E-state index in [0.717, 1.165) is 0 Å². The van der Waals surface area contributed by atoms with Crippen molar-refractivity contribution in [2.75, 3.05) is 40.6 Å². The van der Waals surface area contributed by atoms with E-state index < -0.39 is 64.5 Å². The number of rotatable bonds is 21. The van der Waals surface area contributed by atoms with E-state index in [0.29, 0.717) is 5.06 Å². The third-order valence-electron chi connectivity index (χ3n) is 8.05. The number of esters is 3. The summed E-state index contributed by atoms with van der Waals surface area (Å²) in [4.78, 5) is 95.3. The number of nitrogens with one attached hydrogen (secondary N) is 1. The number of nitrogens with zero attached hydrogens (tertiary/aromatic N) is 1. The number of imide groups is 1. The van der Waals surface area contributed by atoms with Gasteiger partial charge < -0.3 is 33.8 Å². The molecule has 0 aromatic heterocycles. The Balaban J connectivity index is -0.000000460. The van der Waals surface area contributed by atoms with Gasteiger partial charge in [-0.2, -0.15) is 0 Å². The van der Waals surface area contributed by atoms with Gasteiger partial charge in [0, 0.05) is 39.0 Å². The minimum absolute atomic E-state index is 0. The van der Waals surface area contributed by atoms with Crippen molar-refractivity contribution in [3.8, 4) is 0 Å². The van der Waals surface area contributed by atoms with Crippen LogP contribution in [0.4, 0.5) is 0 Å². The highest BCUT2D eigenvalue weighted by molar-refractivity contribution is 6.01. The largest absolute Gasteiger partial charge is 0.463 e. The zero-order valence-electron chi connectivity index (χ0n) is 29.1. The quantitative estimate of drug-likeness (QED) is 0.0525. The van der Waals surface area contributed by atoms with Crippen LogP contribution in [0, 0.1) is 22.7 Å². The zero-order chi connectivity index (χ0) is 35.9. The van der Waals surface area contributed by atoms with Gasteiger partial charge in [-0.3, -0.25) is 24.0 Å². The Labute approximate surface area is 335 Å². The Hall–Kier alpha value is -3.59. The number of amides is 3. The molecule has 1 heterocycles. The van der Waals surface area contributed by atoms with E-state index in [1.807, 2.05) is 0 Å². The molecule has 0 aromatic carbocycles. The molecule has 5 unspecified atom stereocenters. The van der Waals surface area contributed by atoms with Crippen LogP contribution in [0.15, 0.2) is 0 Å². The fraction of sp³-hybridized carbons (Fsp3) is 0.825. The number of hydrogen-bond acceptors (Lipinski definition) is 13. The second kappa shape index (κ2) is 32.6. The van der Waals surface area contributed by atoms with Gasteiger partial charge in [-0.1, -0.05) is 73.3 Å². The van der Waals surface area contributed by atoms with Crippen LogP contribution < -0.4 is 5.32 Å². The third-order valence-corrected chi connectivity index (χ3v) is 8.05. The summed E-state index contributed by atoms with van der Waals surface area (Å²) in [5.74, 6) is -6.77. The minimum Gasteiger partial charge on any atom is -0.463 e. The third kappa shape index (κ3) is 21.9. The molecule has 0 aliphatic carbocycles. The van der Waals surface area contributed by atoms with Crippen molar-refractivity contribution in [1.29, 1.82) is 0 Å². The second-order valence-electron chi connectivity index (χ2n) is 12.7. The SMILES string of the molecule is C.C.C.C.C.C.C.C.CCC(C)(CC(C)(CC(CC(C)C(=O)NC(C)C)C(=O)ON1C(=O)CCC1=O)C(=O)OCCOC(=O)C(C)OC)C(=O)OCCOC. The van der Waals surface area contributed by atoms with Crippen molar-refractivity contribution in [1.82, 2.24) is 10.4 Å². The Kier molecular flexibility index (Phi) is 41.1. The maximum atomic E-state index is 13.8. The van der Waals surface area contributed by atoms with Crippen LogP contribution in [0.3, 0.4) is 0 Å². The summed E-state index contributed by atoms with van der Waals surface area (Å²) in [6, 6.07) is -0.189. The molecule has 3 amide bonds. The van der Waals surface area contributed by atoms with E-state index in [2.05, 4.69) is 5.32 Å². The fourth-order valence-electron chi connectivity index (χ4n) is 5.08. The highest BCUT2D eigenvalue weighted by Crippen LogP contribution is 2.44. The molecule has 0 spiro atoms. The van der Waals surface area contributed by atoms with Crippen molar-refractivity contribution in [2.45, 2.75) is 159 Å². The molecular formula is C40H84N2O13. The van der Waals surface area contributed by atoms with Gasteiger partial charge in [0.05, 0.1) is 23.4 Å².